The molecule has 2 aliphatic heterocycles. The Morgan fingerprint density at radius 1 is 0.897 bits per heavy atom. The van der Waals surface area contributed by atoms with E-state index in [2.05, 4.69) is 12.1 Å². The molecule has 2 bridgehead atoms. The molecule has 6 aliphatic rings. The molecule has 6 nitrogen and oxygen atoms in total. The first kappa shape index (κ1) is 19.0. The Morgan fingerprint density at radius 2 is 1.66 bits per heavy atom. The molecule has 6 heteroatoms. The zero-order valence-electron chi connectivity index (χ0n) is 17.6. The van der Waals surface area contributed by atoms with Gasteiger partial charge in [-0.3, -0.25) is 0 Å². The van der Waals surface area contributed by atoms with E-state index in [1.807, 2.05) is 0 Å². The van der Waals surface area contributed by atoms with Crippen LogP contribution in [0.2, 0.25) is 0 Å². The first-order valence-corrected chi connectivity index (χ1v) is 11.9. The third-order valence-corrected chi connectivity index (χ3v) is 9.93. The molecule has 1 unspecified atom stereocenters. The molecule has 0 aromatic rings. The van der Waals surface area contributed by atoms with Gasteiger partial charge in [-0.15, -0.1) is 0 Å². The second-order valence-electron chi connectivity index (χ2n) is 10.6. The van der Waals surface area contributed by atoms with Gasteiger partial charge in [0.05, 0.1) is 37.6 Å². The van der Waals surface area contributed by atoms with Gasteiger partial charge in [-0.1, -0.05) is 24.9 Å². The predicted octanol–water partition coefficient (Wildman–Crippen LogP) is 3.96. The minimum Gasteiger partial charge on any atom is -0.411 e. The molecule has 2 saturated heterocycles. The summed E-state index contributed by atoms with van der Waals surface area (Å²) in [4.78, 5) is 0. The molecule has 2 heterocycles. The molecule has 0 aromatic carbocycles. The maximum atomic E-state index is 9.95. The quantitative estimate of drug-likeness (QED) is 0.488. The van der Waals surface area contributed by atoms with E-state index in [4.69, 9.17) is 18.9 Å². The van der Waals surface area contributed by atoms with Gasteiger partial charge in [-0.25, -0.2) is 0 Å². The average Bonchev–Trinajstić information content (AvgIpc) is 2.91. The number of hydrogen-bond acceptors (Lipinski definition) is 6. The van der Waals surface area contributed by atoms with Gasteiger partial charge in [0, 0.05) is 12.3 Å². The van der Waals surface area contributed by atoms with Crippen molar-refractivity contribution >= 4 is 5.71 Å². The van der Waals surface area contributed by atoms with Crippen molar-refractivity contribution in [3.63, 3.8) is 0 Å². The fourth-order valence-corrected chi connectivity index (χ4v) is 8.92. The first-order valence-electron chi connectivity index (χ1n) is 11.9. The summed E-state index contributed by atoms with van der Waals surface area (Å²) < 4.78 is 25.5. The molecule has 1 spiro atoms. The zero-order chi connectivity index (χ0) is 19.7. The monoisotopic (exact) mass is 405 g/mol. The van der Waals surface area contributed by atoms with Crippen LogP contribution in [0, 0.1) is 34.5 Å². The summed E-state index contributed by atoms with van der Waals surface area (Å²) in [6, 6.07) is 0. The molecular weight excluding hydrogens is 370 g/mol. The molecule has 6 rings (SSSR count). The standard InChI is InChI=1S/C23H35NO5/c1-21-7-3-2-4-18(21)19(24-25)14-15-16(21)5-8-22-17(15)6-9-23(22)28-12-10-26-20(22)27-11-13-29-23/h15-18,20,25H,2-14H2,1H3/t15-,16+,17+,18?,20?,21-,22+,23?/m1/s1. The van der Waals surface area contributed by atoms with Gasteiger partial charge >= 0.3 is 0 Å². The number of hydrogen-bond donors (Lipinski definition) is 1. The summed E-state index contributed by atoms with van der Waals surface area (Å²) in [6.07, 6.45) is 9.91. The molecule has 4 aliphatic carbocycles. The second kappa shape index (κ2) is 6.65. The van der Waals surface area contributed by atoms with Crippen LogP contribution in [0.15, 0.2) is 5.16 Å². The van der Waals surface area contributed by atoms with Crippen molar-refractivity contribution in [3.05, 3.63) is 0 Å². The van der Waals surface area contributed by atoms with E-state index in [1.165, 1.54) is 32.1 Å². The summed E-state index contributed by atoms with van der Waals surface area (Å²) in [7, 11) is 0. The summed E-state index contributed by atoms with van der Waals surface area (Å²) in [5.41, 5.74) is 1.06. The molecular formula is C23H35NO5. The molecule has 6 fully saturated rings. The fourth-order valence-electron chi connectivity index (χ4n) is 8.92. The normalized spacial score (nSPS) is 55.8. The van der Waals surface area contributed by atoms with Gasteiger partial charge in [-0.2, -0.15) is 0 Å². The third-order valence-electron chi connectivity index (χ3n) is 9.93. The largest absolute Gasteiger partial charge is 0.411 e. The minimum absolute atomic E-state index is 0.237. The highest BCUT2D eigenvalue weighted by Gasteiger charge is 2.73. The molecule has 0 radical (unpaired) electrons. The number of nitrogens with zero attached hydrogens (tertiary/aromatic N) is 1. The second-order valence-corrected chi connectivity index (χ2v) is 10.6. The van der Waals surface area contributed by atoms with Crippen molar-refractivity contribution in [1.29, 1.82) is 0 Å². The maximum Gasteiger partial charge on any atom is 0.179 e. The number of oxime groups is 1. The van der Waals surface area contributed by atoms with E-state index in [0.717, 1.165) is 31.4 Å². The Bertz CT molecular complexity index is 685. The first-order chi connectivity index (χ1) is 14.1. The van der Waals surface area contributed by atoms with Crippen LogP contribution in [-0.4, -0.2) is 49.4 Å². The van der Waals surface area contributed by atoms with Gasteiger partial charge in [0.25, 0.3) is 0 Å². The van der Waals surface area contributed by atoms with Crippen molar-refractivity contribution in [2.45, 2.75) is 76.8 Å². The molecule has 6 atom stereocenters. The van der Waals surface area contributed by atoms with Crippen molar-refractivity contribution < 1.29 is 24.2 Å². The minimum atomic E-state index is -0.568. The Hall–Kier alpha value is -0.690. The van der Waals surface area contributed by atoms with E-state index < -0.39 is 5.79 Å². The van der Waals surface area contributed by atoms with Gasteiger partial charge < -0.3 is 24.2 Å². The lowest BCUT2D eigenvalue weighted by Gasteiger charge is -2.62. The van der Waals surface area contributed by atoms with E-state index >= 15 is 0 Å². The van der Waals surface area contributed by atoms with Crippen LogP contribution in [0.25, 0.3) is 0 Å². The van der Waals surface area contributed by atoms with Crippen LogP contribution in [-0.2, 0) is 18.9 Å². The van der Waals surface area contributed by atoms with Crippen LogP contribution in [0.1, 0.15) is 64.7 Å². The Labute approximate surface area is 173 Å². The van der Waals surface area contributed by atoms with E-state index in [-0.39, 0.29) is 17.1 Å². The fraction of sp³-hybridized carbons (Fsp3) is 0.957. The molecule has 29 heavy (non-hydrogen) atoms. The summed E-state index contributed by atoms with van der Waals surface area (Å²) >= 11 is 0. The Kier molecular flexibility index (Phi) is 4.36. The Morgan fingerprint density at radius 3 is 2.41 bits per heavy atom. The zero-order valence-corrected chi connectivity index (χ0v) is 17.6. The number of ether oxygens (including phenoxy) is 4. The summed E-state index contributed by atoms with van der Waals surface area (Å²) in [5.74, 6) is 1.48. The third kappa shape index (κ3) is 2.35. The molecule has 162 valence electrons. The van der Waals surface area contributed by atoms with Crippen LogP contribution < -0.4 is 0 Å². The highest BCUT2D eigenvalue weighted by Crippen LogP contribution is 2.70. The van der Waals surface area contributed by atoms with Crippen LogP contribution in [0.3, 0.4) is 0 Å². The van der Waals surface area contributed by atoms with Crippen molar-refractivity contribution in [2.24, 2.45) is 39.7 Å². The van der Waals surface area contributed by atoms with Gasteiger partial charge in [0.15, 0.2) is 12.1 Å². The van der Waals surface area contributed by atoms with E-state index in [9.17, 15) is 5.21 Å². The molecule has 0 aromatic heterocycles. The lowest BCUT2D eigenvalue weighted by Crippen LogP contribution is -2.63. The van der Waals surface area contributed by atoms with Gasteiger partial charge in [-0.05, 0) is 61.7 Å². The smallest absolute Gasteiger partial charge is 0.179 e. The molecule has 0 amide bonds. The van der Waals surface area contributed by atoms with Gasteiger partial charge in [0.2, 0.25) is 0 Å². The molecule has 4 saturated carbocycles. The predicted molar refractivity (Wildman–Crippen MR) is 106 cm³/mol. The van der Waals surface area contributed by atoms with Crippen molar-refractivity contribution in [1.82, 2.24) is 0 Å². The van der Waals surface area contributed by atoms with E-state index in [0.29, 0.717) is 50.1 Å². The summed E-state index contributed by atoms with van der Waals surface area (Å²) in [6.45, 7) is 4.78. The van der Waals surface area contributed by atoms with Gasteiger partial charge in [0.1, 0.15) is 0 Å². The lowest BCUT2D eigenvalue weighted by molar-refractivity contribution is -0.317. The Balaban J connectivity index is 1.44. The van der Waals surface area contributed by atoms with Crippen molar-refractivity contribution in [2.75, 3.05) is 26.4 Å². The SMILES string of the molecule is C[C@]12CCCCC1C(=NO)C[C@@H]1[C@@H]2CC[C@]23C4OCCOC2(CC[C@@H]13)OCCO4. The number of fused-ring (bicyclic) bond motifs is 4. The van der Waals surface area contributed by atoms with E-state index in [1.54, 1.807) is 0 Å². The topological polar surface area (TPSA) is 69.5 Å². The van der Waals surface area contributed by atoms with Crippen molar-refractivity contribution in [3.8, 4) is 0 Å². The lowest BCUT2D eigenvalue weighted by atomic mass is 9.44. The van der Waals surface area contributed by atoms with Crippen LogP contribution in [0.5, 0.6) is 0 Å². The highest BCUT2D eigenvalue weighted by atomic mass is 16.8. The highest BCUT2D eigenvalue weighted by molar-refractivity contribution is 5.88. The van der Waals surface area contributed by atoms with Crippen LogP contribution in [0.4, 0.5) is 0 Å². The average molecular weight is 406 g/mol. The summed E-state index contributed by atoms with van der Waals surface area (Å²) in [5, 5.41) is 13.8. The number of rotatable bonds is 0. The maximum absolute atomic E-state index is 9.95. The van der Waals surface area contributed by atoms with Crippen LogP contribution >= 0.6 is 0 Å². The molecule has 1 N–H and O–H groups in total.